The van der Waals surface area contributed by atoms with Crippen LogP contribution in [0.5, 0.6) is 0 Å². The fraction of sp³-hybridized carbons (Fsp3) is 0.333. The number of aromatic nitrogens is 5. The lowest BCUT2D eigenvalue weighted by molar-refractivity contribution is 0.0697. The summed E-state index contributed by atoms with van der Waals surface area (Å²) >= 11 is 0. The molecule has 0 spiro atoms. The Bertz CT molecular complexity index is 1400. The first-order valence-corrected chi connectivity index (χ1v) is 11.0. The second kappa shape index (κ2) is 6.66. The third-order valence-electron chi connectivity index (χ3n) is 6.81. The predicted molar refractivity (Wildman–Crippen MR) is 122 cm³/mol. The zero-order valence-electron chi connectivity index (χ0n) is 18.4. The molecule has 1 fully saturated rings. The summed E-state index contributed by atoms with van der Waals surface area (Å²) in [7, 11) is 1.86. The van der Waals surface area contributed by atoms with Crippen LogP contribution in [0.15, 0.2) is 36.7 Å². The maximum Gasteiger partial charge on any atom is 0.255 e. The molecule has 0 unspecified atom stereocenters. The number of carbonyl (C=O) groups is 1. The number of nitrogen functional groups attached to an aromatic ring is 1. The molecule has 1 aliphatic carbocycles. The van der Waals surface area contributed by atoms with E-state index >= 15 is 0 Å². The zero-order valence-corrected chi connectivity index (χ0v) is 18.4. The van der Waals surface area contributed by atoms with E-state index in [0.29, 0.717) is 30.0 Å². The van der Waals surface area contributed by atoms with Crippen molar-refractivity contribution in [2.45, 2.75) is 39.3 Å². The van der Waals surface area contributed by atoms with Crippen LogP contribution in [0.25, 0.3) is 28.2 Å². The Morgan fingerprint density at radius 2 is 2.00 bits per heavy atom. The summed E-state index contributed by atoms with van der Waals surface area (Å²) in [6.07, 6.45) is 6.11. The van der Waals surface area contributed by atoms with E-state index in [1.54, 1.807) is 15.4 Å². The molecule has 32 heavy (non-hydrogen) atoms. The topological polar surface area (TPSA) is 94.3 Å². The van der Waals surface area contributed by atoms with Gasteiger partial charge in [0.15, 0.2) is 11.5 Å². The first kappa shape index (κ1) is 19.0. The Morgan fingerprint density at radius 3 is 2.72 bits per heavy atom. The second-order valence-electron chi connectivity index (χ2n) is 9.08. The molecule has 1 atom stereocenters. The van der Waals surface area contributed by atoms with Gasteiger partial charge in [-0.2, -0.15) is 10.2 Å². The van der Waals surface area contributed by atoms with Crippen molar-refractivity contribution in [2.24, 2.45) is 13.0 Å². The number of aryl methyl sites for hydroxylation is 2. The van der Waals surface area contributed by atoms with Crippen LogP contribution >= 0.6 is 0 Å². The summed E-state index contributed by atoms with van der Waals surface area (Å²) in [5, 5.41) is 9.12. The van der Waals surface area contributed by atoms with Gasteiger partial charge in [0.05, 0.1) is 11.9 Å². The monoisotopic (exact) mass is 427 g/mol. The Balaban J connectivity index is 1.43. The number of imidazole rings is 1. The lowest BCUT2D eigenvalue weighted by Crippen LogP contribution is -2.34. The van der Waals surface area contributed by atoms with E-state index in [4.69, 9.17) is 10.8 Å². The average Bonchev–Trinajstić information content (AvgIpc) is 3.33. The Kier molecular flexibility index (Phi) is 3.96. The van der Waals surface area contributed by atoms with Crippen LogP contribution in [0.2, 0.25) is 0 Å². The highest BCUT2D eigenvalue weighted by Gasteiger charge is 2.39. The zero-order chi connectivity index (χ0) is 22.1. The number of nitrogens with zero attached hydrogens (tertiary/aromatic N) is 6. The van der Waals surface area contributed by atoms with Gasteiger partial charge in [0.2, 0.25) is 0 Å². The molecular formula is C24H25N7O. The van der Waals surface area contributed by atoms with Gasteiger partial charge >= 0.3 is 0 Å². The summed E-state index contributed by atoms with van der Waals surface area (Å²) in [4.78, 5) is 19.6. The Hall–Kier alpha value is -3.68. The van der Waals surface area contributed by atoms with Gasteiger partial charge in [-0.25, -0.2) is 9.50 Å². The molecule has 1 saturated carbocycles. The first-order chi connectivity index (χ1) is 15.4. The summed E-state index contributed by atoms with van der Waals surface area (Å²) in [5.41, 5.74) is 13.2. The van der Waals surface area contributed by atoms with E-state index in [1.807, 2.05) is 37.2 Å². The van der Waals surface area contributed by atoms with Gasteiger partial charge in [-0.15, -0.1) is 0 Å². The highest BCUT2D eigenvalue weighted by molar-refractivity contribution is 6.00. The molecule has 2 aliphatic rings. The Morgan fingerprint density at radius 1 is 1.19 bits per heavy atom. The number of fused-ring (bicyclic) bond motifs is 2. The number of hydrogen-bond acceptors (Lipinski definition) is 5. The molecule has 0 radical (unpaired) electrons. The molecule has 6 rings (SSSR count). The molecule has 1 amide bonds. The first-order valence-electron chi connectivity index (χ1n) is 11.0. The smallest absolute Gasteiger partial charge is 0.255 e. The SMILES string of the molecule is Cc1cc(-c2ccc3nc(N)c(-c4cnn(C)c4)n3n2)cc2c1C(=O)N([C@@H](C)C1CC1)C2. The van der Waals surface area contributed by atoms with Crippen LogP contribution in [-0.4, -0.2) is 41.2 Å². The number of hydrogen-bond donors (Lipinski definition) is 1. The van der Waals surface area contributed by atoms with Gasteiger partial charge in [-0.3, -0.25) is 9.48 Å². The fourth-order valence-corrected chi connectivity index (χ4v) is 4.92. The van der Waals surface area contributed by atoms with Crippen molar-refractivity contribution < 1.29 is 4.79 Å². The molecule has 1 aliphatic heterocycles. The number of rotatable bonds is 4. The maximum absolute atomic E-state index is 13.1. The minimum atomic E-state index is 0.160. The number of amides is 1. The van der Waals surface area contributed by atoms with Crippen LogP contribution in [0, 0.1) is 12.8 Å². The van der Waals surface area contributed by atoms with Crippen molar-refractivity contribution in [3.63, 3.8) is 0 Å². The van der Waals surface area contributed by atoms with E-state index < -0.39 is 0 Å². The van der Waals surface area contributed by atoms with E-state index in [1.165, 1.54) is 12.8 Å². The normalized spacial score (nSPS) is 16.7. The van der Waals surface area contributed by atoms with Crippen molar-refractivity contribution >= 4 is 17.4 Å². The minimum absolute atomic E-state index is 0.160. The standard InChI is InChI=1S/C24H25N7O/c1-13-8-16(9-17-12-30(24(32)21(13)17)14(2)15-4-5-15)19-6-7-20-27-23(25)22(31(20)28-19)18-10-26-29(3)11-18/h6-11,14-15H,4-5,12,25H2,1-3H3/t14-/m0/s1. The van der Waals surface area contributed by atoms with Gasteiger partial charge < -0.3 is 10.6 Å². The second-order valence-corrected chi connectivity index (χ2v) is 9.08. The van der Waals surface area contributed by atoms with Crippen molar-refractivity contribution in [3.05, 3.63) is 53.3 Å². The molecule has 4 heterocycles. The van der Waals surface area contributed by atoms with Crippen molar-refractivity contribution in [1.29, 1.82) is 0 Å². The molecule has 0 bridgehead atoms. The van der Waals surface area contributed by atoms with Crippen LogP contribution in [0.1, 0.15) is 41.3 Å². The van der Waals surface area contributed by atoms with Gasteiger partial charge in [0.1, 0.15) is 5.69 Å². The van der Waals surface area contributed by atoms with Crippen LogP contribution in [-0.2, 0) is 13.6 Å². The quantitative estimate of drug-likeness (QED) is 0.538. The predicted octanol–water partition coefficient (Wildman–Crippen LogP) is 3.44. The van der Waals surface area contributed by atoms with Crippen molar-refractivity contribution in [1.82, 2.24) is 29.3 Å². The molecule has 2 N–H and O–H groups in total. The van der Waals surface area contributed by atoms with Crippen LogP contribution in [0.3, 0.4) is 0 Å². The number of carbonyl (C=O) groups excluding carboxylic acids is 1. The molecule has 1 aromatic carbocycles. The van der Waals surface area contributed by atoms with Crippen LogP contribution < -0.4 is 5.73 Å². The number of benzene rings is 1. The Labute approximate surface area is 185 Å². The lowest BCUT2D eigenvalue weighted by atomic mass is 9.99. The lowest BCUT2D eigenvalue weighted by Gasteiger charge is -2.24. The highest BCUT2D eigenvalue weighted by Crippen LogP contribution is 2.39. The van der Waals surface area contributed by atoms with Gasteiger partial charge in [0.25, 0.3) is 5.91 Å². The minimum Gasteiger partial charge on any atom is -0.382 e. The molecule has 0 saturated heterocycles. The van der Waals surface area contributed by atoms with E-state index in [0.717, 1.165) is 39.2 Å². The van der Waals surface area contributed by atoms with Crippen molar-refractivity contribution in [3.8, 4) is 22.5 Å². The number of nitrogens with two attached hydrogens (primary N) is 1. The molecule has 8 heteroatoms. The van der Waals surface area contributed by atoms with E-state index in [-0.39, 0.29) is 5.91 Å². The average molecular weight is 428 g/mol. The molecule has 162 valence electrons. The summed E-state index contributed by atoms with van der Waals surface area (Å²) < 4.78 is 3.50. The number of anilines is 1. The molecule has 8 nitrogen and oxygen atoms in total. The third kappa shape index (κ3) is 2.82. The summed E-state index contributed by atoms with van der Waals surface area (Å²) in [6, 6.07) is 8.34. The van der Waals surface area contributed by atoms with Gasteiger partial charge in [0, 0.05) is 42.5 Å². The molecular weight excluding hydrogens is 402 g/mol. The molecule has 3 aromatic heterocycles. The largest absolute Gasteiger partial charge is 0.382 e. The molecule has 4 aromatic rings. The maximum atomic E-state index is 13.1. The summed E-state index contributed by atoms with van der Waals surface area (Å²) in [6.45, 7) is 4.86. The highest BCUT2D eigenvalue weighted by atomic mass is 16.2. The van der Waals surface area contributed by atoms with E-state index in [2.05, 4.69) is 29.1 Å². The fourth-order valence-electron chi connectivity index (χ4n) is 4.92. The van der Waals surface area contributed by atoms with Crippen molar-refractivity contribution in [2.75, 3.05) is 5.73 Å². The van der Waals surface area contributed by atoms with Gasteiger partial charge in [-0.1, -0.05) is 0 Å². The van der Waals surface area contributed by atoms with Crippen LogP contribution in [0.4, 0.5) is 5.82 Å². The van der Waals surface area contributed by atoms with Gasteiger partial charge in [-0.05, 0) is 68.0 Å². The van der Waals surface area contributed by atoms with E-state index in [9.17, 15) is 4.79 Å². The third-order valence-corrected chi connectivity index (χ3v) is 6.81. The summed E-state index contributed by atoms with van der Waals surface area (Å²) in [5.74, 6) is 1.23.